The molecular weight excluding hydrogens is 269 g/mol. The van der Waals surface area contributed by atoms with E-state index < -0.39 is 22.7 Å². The number of ether oxygens (including phenoxy) is 1. The molecule has 0 spiro atoms. The number of halogens is 3. The molecule has 1 rings (SSSR count). The van der Waals surface area contributed by atoms with Crippen LogP contribution in [0.3, 0.4) is 0 Å². The van der Waals surface area contributed by atoms with E-state index in [0.29, 0.717) is 0 Å². The fourth-order valence-corrected chi connectivity index (χ4v) is 1.45. The second-order valence-corrected chi connectivity index (χ2v) is 3.68. The lowest BCUT2D eigenvalue weighted by atomic mass is 10.0. The number of nitrogens with one attached hydrogen (secondary N) is 1. The fourth-order valence-electron chi connectivity index (χ4n) is 1.45. The Balaban J connectivity index is 2.77. The monoisotopic (exact) mass is 280 g/mol. The third-order valence-electron chi connectivity index (χ3n) is 2.36. The molecule has 9 heteroatoms. The van der Waals surface area contributed by atoms with Gasteiger partial charge in [-0.05, 0) is 13.0 Å². The van der Waals surface area contributed by atoms with Gasteiger partial charge in [-0.1, -0.05) is 6.08 Å². The van der Waals surface area contributed by atoms with Gasteiger partial charge < -0.3 is 10.1 Å². The number of allylic oxidation sites excluding steroid dienone is 1. The topological polar surface area (TPSA) is 81.5 Å². The minimum atomic E-state index is -5.01. The normalized spacial score (nSPS) is 22.8. The Labute approximate surface area is 106 Å². The number of alkyl halides is 3. The van der Waals surface area contributed by atoms with E-state index in [2.05, 4.69) is 0 Å². The molecular formula is C10H11F3N2O4. The Morgan fingerprint density at radius 3 is 2.63 bits per heavy atom. The largest absolute Gasteiger partial charge is 0.471 e. The van der Waals surface area contributed by atoms with Gasteiger partial charge in [-0.15, -0.1) is 0 Å². The lowest BCUT2D eigenvalue weighted by Gasteiger charge is -2.23. The predicted molar refractivity (Wildman–Crippen MR) is 57.4 cm³/mol. The molecule has 6 nitrogen and oxygen atoms in total. The predicted octanol–water partition coefficient (Wildman–Crippen LogP) is 1.52. The SMILES string of the molecule is CCOC1([N+](=O)[O-])C=CC(NC(=O)C(F)(F)F)=CC1. The quantitative estimate of drug-likeness (QED) is 0.481. The Bertz CT molecular complexity index is 445. The zero-order valence-corrected chi connectivity index (χ0v) is 9.86. The Hall–Kier alpha value is -1.90. The molecule has 1 N–H and O–H groups in total. The maximum Gasteiger partial charge on any atom is 0.471 e. The number of nitro groups is 1. The van der Waals surface area contributed by atoms with Crippen molar-refractivity contribution < 1.29 is 27.6 Å². The van der Waals surface area contributed by atoms with Crippen LogP contribution in [0.25, 0.3) is 0 Å². The second-order valence-electron chi connectivity index (χ2n) is 3.68. The van der Waals surface area contributed by atoms with E-state index in [0.717, 1.165) is 18.2 Å². The highest BCUT2D eigenvalue weighted by atomic mass is 19.4. The molecule has 0 saturated heterocycles. The molecule has 1 aliphatic rings. The van der Waals surface area contributed by atoms with E-state index in [9.17, 15) is 28.1 Å². The van der Waals surface area contributed by atoms with Gasteiger partial charge in [-0.25, -0.2) is 0 Å². The molecule has 106 valence electrons. The summed E-state index contributed by atoms with van der Waals surface area (Å²) in [4.78, 5) is 20.9. The van der Waals surface area contributed by atoms with Gasteiger partial charge in [0.1, 0.15) is 0 Å². The van der Waals surface area contributed by atoms with Gasteiger partial charge in [-0.3, -0.25) is 14.9 Å². The molecule has 0 aromatic heterocycles. The van der Waals surface area contributed by atoms with E-state index in [4.69, 9.17) is 4.74 Å². The van der Waals surface area contributed by atoms with Gasteiger partial charge in [0.15, 0.2) is 0 Å². The third kappa shape index (κ3) is 3.53. The molecule has 0 aromatic carbocycles. The van der Waals surface area contributed by atoms with Crippen molar-refractivity contribution in [3.8, 4) is 0 Å². The summed E-state index contributed by atoms with van der Waals surface area (Å²) in [6.07, 6.45) is -2.12. The summed E-state index contributed by atoms with van der Waals surface area (Å²) in [5.41, 5.74) is -1.94. The third-order valence-corrected chi connectivity index (χ3v) is 2.36. The number of carbonyl (C=O) groups excluding carboxylic acids is 1. The van der Waals surface area contributed by atoms with Gasteiger partial charge in [0.2, 0.25) is 0 Å². The van der Waals surface area contributed by atoms with Crippen molar-refractivity contribution in [1.82, 2.24) is 5.32 Å². The van der Waals surface area contributed by atoms with Crippen LogP contribution in [0.2, 0.25) is 0 Å². The van der Waals surface area contributed by atoms with Crippen LogP contribution in [0.4, 0.5) is 13.2 Å². The fraction of sp³-hybridized carbons (Fsp3) is 0.500. The summed E-state index contributed by atoms with van der Waals surface area (Å²) in [5.74, 6) is -2.13. The van der Waals surface area contributed by atoms with Gasteiger partial charge in [0.25, 0.3) is 0 Å². The molecule has 1 amide bonds. The number of rotatable bonds is 4. The number of amides is 1. The molecule has 1 atom stereocenters. The minimum absolute atomic E-state index is 0.0728. The smallest absolute Gasteiger partial charge is 0.319 e. The van der Waals surface area contributed by atoms with Crippen molar-refractivity contribution in [2.24, 2.45) is 0 Å². The molecule has 1 unspecified atom stereocenters. The lowest BCUT2D eigenvalue weighted by molar-refractivity contribution is -0.612. The number of hydrogen-bond donors (Lipinski definition) is 1. The van der Waals surface area contributed by atoms with E-state index in [1.807, 2.05) is 0 Å². The zero-order chi connectivity index (χ0) is 14.7. The van der Waals surface area contributed by atoms with E-state index in [1.165, 1.54) is 0 Å². The number of carbonyl (C=O) groups is 1. The maximum atomic E-state index is 12.0. The summed E-state index contributed by atoms with van der Waals surface area (Å²) < 4.78 is 41.0. The van der Waals surface area contributed by atoms with Gasteiger partial charge in [0.05, 0.1) is 18.0 Å². The van der Waals surface area contributed by atoms with E-state index in [-0.39, 0.29) is 18.7 Å². The van der Waals surface area contributed by atoms with Crippen LogP contribution in [0.5, 0.6) is 0 Å². The highest BCUT2D eigenvalue weighted by Crippen LogP contribution is 2.25. The molecule has 0 bridgehead atoms. The molecule has 1 aliphatic carbocycles. The Morgan fingerprint density at radius 1 is 1.63 bits per heavy atom. The molecule has 19 heavy (non-hydrogen) atoms. The van der Waals surface area contributed by atoms with Crippen molar-refractivity contribution in [3.63, 3.8) is 0 Å². The van der Waals surface area contributed by atoms with Crippen LogP contribution in [-0.4, -0.2) is 29.3 Å². The van der Waals surface area contributed by atoms with Crippen LogP contribution in [0.1, 0.15) is 13.3 Å². The summed E-state index contributed by atoms with van der Waals surface area (Å²) in [6.45, 7) is 1.63. The van der Waals surface area contributed by atoms with Crippen molar-refractivity contribution in [2.75, 3.05) is 6.61 Å². The maximum absolute atomic E-state index is 12.0. The van der Waals surface area contributed by atoms with Gasteiger partial charge >= 0.3 is 17.8 Å². The molecule has 0 aliphatic heterocycles. The average molecular weight is 280 g/mol. The van der Waals surface area contributed by atoms with Crippen LogP contribution in [-0.2, 0) is 9.53 Å². The number of hydrogen-bond acceptors (Lipinski definition) is 4. The highest BCUT2D eigenvalue weighted by molar-refractivity contribution is 5.83. The van der Waals surface area contributed by atoms with Gasteiger partial charge in [-0.2, -0.15) is 13.2 Å². The first-order valence-electron chi connectivity index (χ1n) is 5.27. The van der Waals surface area contributed by atoms with Crippen LogP contribution < -0.4 is 5.32 Å². The van der Waals surface area contributed by atoms with Crippen molar-refractivity contribution in [1.29, 1.82) is 0 Å². The highest BCUT2D eigenvalue weighted by Gasteiger charge is 2.43. The lowest BCUT2D eigenvalue weighted by Crippen LogP contribution is -2.42. The molecule has 0 aromatic rings. The van der Waals surface area contributed by atoms with Crippen LogP contribution in [0.15, 0.2) is 23.9 Å². The first-order valence-corrected chi connectivity index (χ1v) is 5.27. The summed E-state index contributed by atoms with van der Waals surface area (Å²) >= 11 is 0. The standard InChI is InChI=1S/C10H11F3N2O4/c1-2-19-9(15(17)18)5-3-7(4-6-9)14-8(16)10(11,12)13/h3-5H,2,6H2,1H3,(H,14,16). The van der Waals surface area contributed by atoms with Crippen LogP contribution >= 0.6 is 0 Å². The molecule has 0 radical (unpaired) electrons. The summed E-state index contributed by atoms with van der Waals surface area (Å²) in [7, 11) is 0. The summed E-state index contributed by atoms with van der Waals surface area (Å²) in [5, 5.41) is 12.5. The average Bonchev–Trinajstić information content (AvgIpc) is 2.30. The van der Waals surface area contributed by atoms with Crippen molar-refractivity contribution >= 4 is 5.91 Å². The minimum Gasteiger partial charge on any atom is -0.319 e. The molecule has 0 saturated carbocycles. The van der Waals surface area contributed by atoms with Crippen molar-refractivity contribution in [3.05, 3.63) is 34.0 Å². The second kappa shape index (κ2) is 5.39. The first-order chi connectivity index (χ1) is 8.71. The number of nitrogens with zero attached hydrogens (tertiary/aromatic N) is 1. The van der Waals surface area contributed by atoms with Gasteiger partial charge in [0, 0.05) is 11.8 Å². The summed E-state index contributed by atoms with van der Waals surface area (Å²) in [6, 6.07) is 0. The van der Waals surface area contributed by atoms with E-state index in [1.54, 1.807) is 12.2 Å². The molecule has 0 heterocycles. The molecule has 0 fully saturated rings. The Kier molecular flexibility index (Phi) is 4.30. The van der Waals surface area contributed by atoms with E-state index >= 15 is 0 Å². The zero-order valence-electron chi connectivity index (χ0n) is 9.86. The first kappa shape index (κ1) is 15.2. The Morgan fingerprint density at radius 2 is 2.26 bits per heavy atom. The van der Waals surface area contributed by atoms with Crippen LogP contribution in [0, 0.1) is 10.1 Å². The van der Waals surface area contributed by atoms with Crippen molar-refractivity contribution in [2.45, 2.75) is 25.2 Å².